The van der Waals surface area contributed by atoms with Crippen molar-refractivity contribution in [2.45, 2.75) is 33.7 Å². The summed E-state index contributed by atoms with van der Waals surface area (Å²) in [4.78, 5) is 18.6. The van der Waals surface area contributed by atoms with Gasteiger partial charge in [-0.3, -0.25) is 0 Å². The number of hydrogen-bond acceptors (Lipinski definition) is 8. The van der Waals surface area contributed by atoms with E-state index in [1.54, 1.807) is 0 Å². The van der Waals surface area contributed by atoms with Crippen LogP contribution in [0.5, 0.6) is 0 Å². The van der Waals surface area contributed by atoms with Gasteiger partial charge < -0.3 is 20.7 Å². The van der Waals surface area contributed by atoms with Crippen molar-refractivity contribution in [2.75, 3.05) is 42.3 Å². The fraction of sp³-hybridized carbons (Fsp3) is 0.529. The molecule has 2 aromatic heterocycles. The maximum absolute atomic E-state index is 14.8. The Balaban J connectivity index is 0.00000117. The molecule has 0 aromatic carbocycles. The van der Waals surface area contributed by atoms with Gasteiger partial charge in [-0.2, -0.15) is 4.98 Å². The van der Waals surface area contributed by atoms with Crippen LogP contribution in [0.3, 0.4) is 0 Å². The zero-order valence-electron chi connectivity index (χ0n) is 15.7. The highest BCUT2D eigenvalue weighted by atomic mass is 19.1. The molecule has 0 bridgehead atoms. The first-order valence-electron chi connectivity index (χ1n) is 8.83. The fourth-order valence-electron chi connectivity index (χ4n) is 2.52. The predicted octanol–water partition coefficient (Wildman–Crippen LogP) is 2.34. The number of rotatable bonds is 4. The number of nitrogens with two attached hydrogens (primary N) is 1. The standard InChI is InChI=1S/C15H20FN7O.C2H6/c1-3-18-13-11(16)12(10-6-19-14(17)20-7-10)21-15(22-13)23-4-5-24-8-9(23)2;1-2/h6-7,9H,3-5,8H2,1-2H3,(H2,17,19,20)(H,18,21,22);1-2H3/t9-;/m0./s1. The monoisotopic (exact) mass is 363 g/mol. The van der Waals surface area contributed by atoms with Gasteiger partial charge in [0.1, 0.15) is 5.69 Å². The minimum atomic E-state index is -0.533. The topological polar surface area (TPSA) is 102 Å². The molecular weight excluding hydrogens is 337 g/mol. The van der Waals surface area contributed by atoms with Crippen LogP contribution in [-0.2, 0) is 4.74 Å². The molecule has 0 saturated carbocycles. The van der Waals surface area contributed by atoms with Crippen molar-refractivity contribution >= 4 is 17.7 Å². The molecule has 9 heteroatoms. The third kappa shape index (κ3) is 4.34. The van der Waals surface area contributed by atoms with Crippen molar-refractivity contribution < 1.29 is 9.13 Å². The molecular formula is C17H26FN7O. The van der Waals surface area contributed by atoms with Crippen molar-refractivity contribution in [2.24, 2.45) is 0 Å². The second kappa shape index (κ2) is 9.23. The highest BCUT2D eigenvalue weighted by Gasteiger charge is 2.25. The van der Waals surface area contributed by atoms with Crippen LogP contribution < -0.4 is 16.0 Å². The van der Waals surface area contributed by atoms with E-state index >= 15 is 0 Å². The summed E-state index contributed by atoms with van der Waals surface area (Å²) >= 11 is 0. The van der Waals surface area contributed by atoms with Gasteiger partial charge in [-0.25, -0.2) is 19.3 Å². The summed E-state index contributed by atoms with van der Waals surface area (Å²) in [5, 5.41) is 2.94. The predicted molar refractivity (Wildman–Crippen MR) is 101 cm³/mol. The molecule has 3 rings (SSSR count). The molecule has 142 valence electrons. The molecule has 0 spiro atoms. The van der Waals surface area contributed by atoms with E-state index in [4.69, 9.17) is 10.5 Å². The van der Waals surface area contributed by atoms with Crippen LogP contribution in [0.2, 0.25) is 0 Å². The summed E-state index contributed by atoms with van der Waals surface area (Å²) < 4.78 is 20.2. The van der Waals surface area contributed by atoms with Crippen LogP contribution in [0.15, 0.2) is 12.4 Å². The number of hydrogen-bond donors (Lipinski definition) is 2. The lowest BCUT2D eigenvalue weighted by Crippen LogP contribution is -2.44. The Bertz CT molecular complexity index is 711. The lowest BCUT2D eigenvalue weighted by atomic mass is 10.2. The summed E-state index contributed by atoms with van der Waals surface area (Å²) in [6.45, 7) is 10.3. The summed E-state index contributed by atoms with van der Waals surface area (Å²) in [6, 6.07) is 0.106. The highest BCUT2D eigenvalue weighted by Crippen LogP contribution is 2.28. The van der Waals surface area contributed by atoms with Gasteiger partial charge in [0.15, 0.2) is 11.6 Å². The van der Waals surface area contributed by atoms with Crippen LogP contribution in [0.25, 0.3) is 11.3 Å². The number of morpholine rings is 1. The molecule has 1 fully saturated rings. The Kier molecular flexibility index (Phi) is 7.02. The average molecular weight is 363 g/mol. The van der Waals surface area contributed by atoms with Gasteiger partial charge in [0.25, 0.3) is 0 Å². The van der Waals surface area contributed by atoms with E-state index in [1.165, 1.54) is 12.4 Å². The van der Waals surface area contributed by atoms with E-state index in [9.17, 15) is 4.39 Å². The minimum Gasteiger partial charge on any atom is -0.377 e. The van der Waals surface area contributed by atoms with Gasteiger partial charge in [-0.15, -0.1) is 0 Å². The summed E-state index contributed by atoms with van der Waals surface area (Å²) in [7, 11) is 0. The maximum Gasteiger partial charge on any atom is 0.228 e. The van der Waals surface area contributed by atoms with Gasteiger partial charge >= 0.3 is 0 Å². The van der Waals surface area contributed by atoms with E-state index in [2.05, 4.69) is 25.3 Å². The lowest BCUT2D eigenvalue weighted by Gasteiger charge is -2.33. The van der Waals surface area contributed by atoms with Crippen molar-refractivity contribution in [3.05, 3.63) is 18.2 Å². The number of halogens is 1. The molecule has 0 aliphatic carbocycles. The van der Waals surface area contributed by atoms with Crippen molar-refractivity contribution in [3.63, 3.8) is 0 Å². The number of nitrogens with zero attached hydrogens (tertiary/aromatic N) is 5. The summed E-state index contributed by atoms with van der Waals surface area (Å²) in [5.74, 6) is 0.208. The maximum atomic E-state index is 14.8. The van der Waals surface area contributed by atoms with E-state index in [0.29, 0.717) is 37.8 Å². The Morgan fingerprint density at radius 3 is 2.62 bits per heavy atom. The Labute approximate surface area is 153 Å². The molecule has 1 saturated heterocycles. The van der Waals surface area contributed by atoms with Crippen LogP contribution in [0, 0.1) is 5.82 Å². The molecule has 1 aliphatic rings. The van der Waals surface area contributed by atoms with E-state index < -0.39 is 5.82 Å². The van der Waals surface area contributed by atoms with Gasteiger partial charge in [0.2, 0.25) is 11.9 Å². The number of anilines is 3. The second-order valence-corrected chi connectivity index (χ2v) is 5.51. The molecule has 0 unspecified atom stereocenters. The van der Waals surface area contributed by atoms with Gasteiger partial charge in [0.05, 0.1) is 19.3 Å². The molecule has 1 atom stereocenters. The van der Waals surface area contributed by atoms with Gasteiger partial charge in [-0.1, -0.05) is 13.8 Å². The summed E-state index contributed by atoms with van der Waals surface area (Å²) in [5.41, 5.74) is 6.10. The third-order valence-electron chi connectivity index (χ3n) is 3.75. The SMILES string of the molecule is CC.CCNc1nc(N2CCOC[C@@H]2C)nc(-c2cnc(N)nc2)c1F. The lowest BCUT2D eigenvalue weighted by molar-refractivity contribution is 0.0981. The van der Waals surface area contributed by atoms with E-state index in [0.717, 1.165) is 0 Å². The molecule has 0 amide bonds. The molecule has 8 nitrogen and oxygen atoms in total. The zero-order chi connectivity index (χ0) is 19.1. The first-order chi connectivity index (χ1) is 12.6. The van der Waals surface area contributed by atoms with Gasteiger partial charge in [-0.05, 0) is 13.8 Å². The molecule has 2 aromatic rings. The molecule has 0 radical (unpaired) electrons. The van der Waals surface area contributed by atoms with Crippen molar-refractivity contribution in [1.29, 1.82) is 0 Å². The van der Waals surface area contributed by atoms with Crippen LogP contribution in [-0.4, -0.2) is 52.3 Å². The summed E-state index contributed by atoms with van der Waals surface area (Å²) in [6.07, 6.45) is 2.91. The van der Waals surface area contributed by atoms with Crippen LogP contribution in [0.1, 0.15) is 27.7 Å². The second-order valence-electron chi connectivity index (χ2n) is 5.51. The molecule has 1 aliphatic heterocycles. The van der Waals surface area contributed by atoms with Crippen LogP contribution >= 0.6 is 0 Å². The molecule has 26 heavy (non-hydrogen) atoms. The first kappa shape index (κ1) is 19.8. The molecule has 3 heterocycles. The van der Waals surface area contributed by atoms with E-state index in [1.807, 2.05) is 32.6 Å². The zero-order valence-corrected chi connectivity index (χ0v) is 15.7. The van der Waals surface area contributed by atoms with Crippen molar-refractivity contribution in [1.82, 2.24) is 19.9 Å². The quantitative estimate of drug-likeness (QED) is 0.853. The first-order valence-corrected chi connectivity index (χ1v) is 8.83. The minimum absolute atomic E-state index is 0.106. The Morgan fingerprint density at radius 1 is 1.31 bits per heavy atom. The highest BCUT2D eigenvalue weighted by molar-refractivity contribution is 5.65. The number of aromatic nitrogens is 4. The number of nitrogens with one attached hydrogen (secondary N) is 1. The van der Waals surface area contributed by atoms with Crippen molar-refractivity contribution in [3.8, 4) is 11.3 Å². The number of ether oxygens (including phenoxy) is 1. The van der Waals surface area contributed by atoms with Crippen LogP contribution in [0.4, 0.5) is 22.1 Å². The fourth-order valence-corrected chi connectivity index (χ4v) is 2.52. The largest absolute Gasteiger partial charge is 0.377 e. The average Bonchev–Trinajstić information content (AvgIpc) is 2.66. The normalized spacial score (nSPS) is 16.7. The van der Waals surface area contributed by atoms with E-state index in [-0.39, 0.29) is 23.5 Å². The smallest absolute Gasteiger partial charge is 0.228 e. The number of nitrogen functional groups attached to an aromatic ring is 1. The Morgan fingerprint density at radius 2 is 2.00 bits per heavy atom. The third-order valence-corrected chi connectivity index (χ3v) is 3.75. The van der Waals surface area contributed by atoms with Gasteiger partial charge in [0, 0.05) is 31.0 Å². The molecule has 3 N–H and O–H groups in total. The Hall–Kier alpha value is -2.55.